The molecule has 1 aliphatic carbocycles. The highest BCUT2D eigenvalue weighted by atomic mass is 16.5. The van der Waals surface area contributed by atoms with Gasteiger partial charge in [0.25, 0.3) is 0 Å². The van der Waals surface area contributed by atoms with E-state index >= 15 is 0 Å². The second kappa shape index (κ2) is 7.42. The predicted octanol–water partition coefficient (Wildman–Crippen LogP) is 2.60. The van der Waals surface area contributed by atoms with Crippen LogP contribution in [-0.2, 0) is 9.59 Å². The van der Waals surface area contributed by atoms with Crippen molar-refractivity contribution < 1.29 is 14.1 Å². The monoisotopic (exact) mass is 307 g/mol. The van der Waals surface area contributed by atoms with E-state index in [0.29, 0.717) is 11.6 Å². The lowest BCUT2D eigenvalue weighted by Crippen LogP contribution is -2.38. The summed E-state index contributed by atoms with van der Waals surface area (Å²) in [6.45, 7) is 7.29. The molecule has 6 nitrogen and oxygen atoms in total. The molecule has 2 rings (SSSR count). The third kappa shape index (κ3) is 3.87. The number of amides is 2. The Bertz CT molecular complexity index is 514. The van der Waals surface area contributed by atoms with Crippen LogP contribution in [0.1, 0.15) is 45.3 Å². The van der Waals surface area contributed by atoms with Gasteiger partial charge in [0.05, 0.1) is 0 Å². The first-order valence-corrected chi connectivity index (χ1v) is 8.08. The summed E-state index contributed by atoms with van der Waals surface area (Å²) in [6, 6.07) is 1.70. The lowest BCUT2D eigenvalue weighted by molar-refractivity contribution is -0.137. The van der Waals surface area contributed by atoms with Crippen LogP contribution in [0.5, 0.6) is 0 Å². The minimum atomic E-state index is -0.0437. The summed E-state index contributed by atoms with van der Waals surface area (Å²) in [5.74, 6) is 1.36. The Morgan fingerprint density at radius 1 is 1.23 bits per heavy atom. The Labute approximate surface area is 131 Å². The van der Waals surface area contributed by atoms with E-state index in [-0.39, 0.29) is 23.7 Å². The van der Waals surface area contributed by atoms with E-state index in [0.717, 1.165) is 38.8 Å². The van der Waals surface area contributed by atoms with Crippen LogP contribution in [0.3, 0.4) is 0 Å². The fraction of sp³-hybridized carbons (Fsp3) is 0.688. The maximum Gasteiger partial charge on any atom is 0.228 e. The van der Waals surface area contributed by atoms with Gasteiger partial charge < -0.3 is 14.7 Å². The number of aromatic nitrogens is 1. The summed E-state index contributed by atoms with van der Waals surface area (Å²) in [6.07, 6.45) is 3.07. The van der Waals surface area contributed by atoms with E-state index in [1.54, 1.807) is 13.0 Å². The van der Waals surface area contributed by atoms with Gasteiger partial charge in [0.15, 0.2) is 5.82 Å². The minimum absolute atomic E-state index is 0.0259. The molecule has 0 saturated heterocycles. The highest BCUT2D eigenvalue weighted by Crippen LogP contribution is 2.30. The van der Waals surface area contributed by atoms with E-state index < -0.39 is 0 Å². The van der Waals surface area contributed by atoms with Crippen LogP contribution < -0.4 is 5.32 Å². The van der Waals surface area contributed by atoms with Crippen molar-refractivity contribution in [3.63, 3.8) is 0 Å². The summed E-state index contributed by atoms with van der Waals surface area (Å²) in [7, 11) is 0. The molecule has 1 aliphatic rings. The standard InChI is InChI=1S/C16H25N3O3/c1-4-19(5-2)16(21)13-8-6-12(7-9-13)15(20)17-14-10-11(3)22-18-14/h10,12-13H,4-9H2,1-3H3,(H,17,18,20). The topological polar surface area (TPSA) is 75.4 Å². The number of nitrogens with one attached hydrogen (secondary N) is 1. The van der Waals surface area contributed by atoms with Crippen molar-refractivity contribution in [2.75, 3.05) is 18.4 Å². The van der Waals surface area contributed by atoms with E-state index in [9.17, 15) is 9.59 Å². The summed E-state index contributed by atoms with van der Waals surface area (Å²) in [4.78, 5) is 26.4. The first-order chi connectivity index (χ1) is 10.5. The number of anilines is 1. The van der Waals surface area contributed by atoms with Crippen LogP contribution in [0.4, 0.5) is 5.82 Å². The van der Waals surface area contributed by atoms with Gasteiger partial charge in [0, 0.05) is 31.0 Å². The van der Waals surface area contributed by atoms with Crippen LogP contribution in [0.15, 0.2) is 10.6 Å². The van der Waals surface area contributed by atoms with Crippen molar-refractivity contribution >= 4 is 17.6 Å². The predicted molar refractivity (Wildman–Crippen MR) is 83.2 cm³/mol. The van der Waals surface area contributed by atoms with Gasteiger partial charge in [-0.25, -0.2) is 0 Å². The number of nitrogens with zero attached hydrogens (tertiary/aromatic N) is 2. The van der Waals surface area contributed by atoms with Gasteiger partial charge in [-0.3, -0.25) is 9.59 Å². The molecule has 0 aromatic carbocycles. The largest absolute Gasteiger partial charge is 0.360 e. The van der Waals surface area contributed by atoms with Crippen LogP contribution in [-0.4, -0.2) is 35.0 Å². The molecule has 1 N–H and O–H groups in total. The van der Waals surface area contributed by atoms with Gasteiger partial charge in [-0.05, 0) is 46.5 Å². The summed E-state index contributed by atoms with van der Waals surface area (Å²) in [5, 5.41) is 6.55. The lowest BCUT2D eigenvalue weighted by Gasteiger charge is -2.30. The maximum absolute atomic E-state index is 12.3. The smallest absolute Gasteiger partial charge is 0.228 e. The van der Waals surface area contributed by atoms with Gasteiger partial charge in [-0.15, -0.1) is 0 Å². The summed E-state index contributed by atoms with van der Waals surface area (Å²) >= 11 is 0. The zero-order chi connectivity index (χ0) is 16.1. The first-order valence-electron chi connectivity index (χ1n) is 8.08. The highest BCUT2D eigenvalue weighted by molar-refractivity contribution is 5.91. The molecule has 6 heteroatoms. The molecule has 1 aromatic heterocycles. The van der Waals surface area contributed by atoms with E-state index in [4.69, 9.17) is 4.52 Å². The molecule has 1 fully saturated rings. The zero-order valence-corrected chi connectivity index (χ0v) is 13.6. The average molecular weight is 307 g/mol. The molecule has 0 radical (unpaired) electrons. The quantitative estimate of drug-likeness (QED) is 0.907. The third-order valence-corrected chi connectivity index (χ3v) is 4.40. The Hall–Kier alpha value is -1.85. The molecule has 22 heavy (non-hydrogen) atoms. The van der Waals surface area contributed by atoms with Gasteiger partial charge >= 0.3 is 0 Å². The second-order valence-electron chi connectivity index (χ2n) is 5.87. The molecule has 0 bridgehead atoms. The van der Waals surface area contributed by atoms with Crippen molar-refractivity contribution in [3.05, 3.63) is 11.8 Å². The molecule has 0 spiro atoms. The summed E-state index contributed by atoms with van der Waals surface area (Å²) < 4.78 is 4.94. The van der Waals surface area contributed by atoms with Gasteiger partial charge in [-0.2, -0.15) is 0 Å². The van der Waals surface area contributed by atoms with Crippen molar-refractivity contribution in [2.24, 2.45) is 11.8 Å². The number of rotatable bonds is 5. The molecule has 0 atom stereocenters. The Kier molecular flexibility index (Phi) is 5.57. The molecular weight excluding hydrogens is 282 g/mol. The van der Waals surface area contributed by atoms with Crippen LogP contribution >= 0.6 is 0 Å². The Morgan fingerprint density at radius 2 is 1.82 bits per heavy atom. The normalized spacial score (nSPS) is 21.4. The van der Waals surface area contributed by atoms with E-state index in [1.165, 1.54) is 0 Å². The van der Waals surface area contributed by atoms with Crippen LogP contribution in [0.2, 0.25) is 0 Å². The fourth-order valence-electron chi connectivity index (χ4n) is 3.05. The van der Waals surface area contributed by atoms with Crippen molar-refractivity contribution in [3.8, 4) is 0 Å². The molecule has 1 saturated carbocycles. The minimum Gasteiger partial charge on any atom is -0.360 e. The number of hydrogen-bond donors (Lipinski definition) is 1. The molecule has 1 aromatic rings. The summed E-state index contributed by atoms with van der Waals surface area (Å²) in [5.41, 5.74) is 0. The lowest BCUT2D eigenvalue weighted by atomic mass is 9.81. The highest BCUT2D eigenvalue weighted by Gasteiger charge is 2.31. The number of carbonyl (C=O) groups excluding carboxylic acids is 2. The van der Waals surface area contributed by atoms with Gasteiger partial charge in [-0.1, -0.05) is 5.16 Å². The molecule has 2 amide bonds. The second-order valence-corrected chi connectivity index (χ2v) is 5.87. The number of hydrogen-bond acceptors (Lipinski definition) is 4. The number of carbonyl (C=O) groups is 2. The SMILES string of the molecule is CCN(CC)C(=O)C1CCC(C(=O)Nc2cc(C)on2)CC1. The molecule has 1 heterocycles. The molecule has 122 valence electrons. The van der Waals surface area contributed by atoms with Crippen LogP contribution in [0.25, 0.3) is 0 Å². The van der Waals surface area contributed by atoms with Gasteiger partial charge in [0.1, 0.15) is 5.76 Å². The Balaban J connectivity index is 1.83. The molecule has 0 aliphatic heterocycles. The fourth-order valence-corrected chi connectivity index (χ4v) is 3.05. The van der Waals surface area contributed by atoms with E-state index in [1.807, 2.05) is 18.7 Å². The maximum atomic E-state index is 12.3. The van der Waals surface area contributed by atoms with Crippen molar-refractivity contribution in [1.29, 1.82) is 0 Å². The Morgan fingerprint density at radius 3 is 2.32 bits per heavy atom. The zero-order valence-electron chi connectivity index (χ0n) is 13.6. The average Bonchev–Trinajstić information content (AvgIpc) is 2.93. The van der Waals surface area contributed by atoms with Crippen LogP contribution in [0, 0.1) is 18.8 Å². The molecule has 0 unspecified atom stereocenters. The van der Waals surface area contributed by atoms with Crippen molar-refractivity contribution in [2.45, 2.75) is 46.5 Å². The van der Waals surface area contributed by atoms with Crippen molar-refractivity contribution in [1.82, 2.24) is 10.1 Å². The third-order valence-electron chi connectivity index (χ3n) is 4.40. The first kappa shape index (κ1) is 16.5. The molecular formula is C16H25N3O3. The van der Waals surface area contributed by atoms with Gasteiger partial charge in [0.2, 0.25) is 11.8 Å². The van der Waals surface area contributed by atoms with E-state index in [2.05, 4.69) is 10.5 Å². The number of aryl methyl sites for hydroxylation is 1.